The Bertz CT molecular complexity index is 1370. The molecule has 0 radical (unpaired) electrons. The Morgan fingerprint density at radius 1 is 0.742 bits per heavy atom. The van der Waals surface area contributed by atoms with E-state index < -0.39 is 5.91 Å². The lowest BCUT2D eigenvalue weighted by Crippen LogP contribution is -2.21. The second kappa shape index (κ2) is 7.49. The zero-order valence-corrected chi connectivity index (χ0v) is 17.6. The van der Waals surface area contributed by atoms with Gasteiger partial charge >= 0.3 is 0 Å². The molecule has 31 heavy (non-hydrogen) atoms. The quantitative estimate of drug-likeness (QED) is 0.364. The Morgan fingerprint density at radius 3 is 2.10 bits per heavy atom. The average molecular weight is 472 g/mol. The highest BCUT2D eigenvalue weighted by molar-refractivity contribution is 9.10. The van der Waals surface area contributed by atoms with E-state index in [9.17, 15) is 14.4 Å². The van der Waals surface area contributed by atoms with Gasteiger partial charge in [0, 0.05) is 38.0 Å². The summed E-state index contributed by atoms with van der Waals surface area (Å²) >= 11 is 3.39. The molecule has 150 valence electrons. The maximum atomic E-state index is 12.9. The van der Waals surface area contributed by atoms with Crippen LogP contribution in [-0.4, -0.2) is 17.5 Å². The number of halogens is 1. The average Bonchev–Trinajstić information content (AvgIpc) is 3.28. The zero-order chi connectivity index (χ0) is 21.5. The van der Waals surface area contributed by atoms with Gasteiger partial charge in [0.05, 0.1) is 0 Å². The molecule has 5 nitrogen and oxygen atoms in total. The van der Waals surface area contributed by atoms with E-state index in [0.29, 0.717) is 28.1 Å². The molecule has 1 amide bonds. The molecule has 0 saturated heterocycles. The van der Waals surface area contributed by atoms with E-state index >= 15 is 0 Å². The van der Waals surface area contributed by atoms with Gasteiger partial charge in [-0.15, -0.1) is 0 Å². The van der Waals surface area contributed by atoms with Crippen LogP contribution in [0.2, 0.25) is 0 Å². The van der Waals surface area contributed by atoms with E-state index in [2.05, 4.69) is 21.2 Å². The molecule has 1 heterocycles. The van der Waals surface area contributed by atoms with Gasteiger partial charge in [0.15, 0.2) is 17.3 Å². The van der Waals surface area contributed by atoms with Crippen molar-refractivity contribution in [2.45, 2.75) is 0 Å². The van der Waals surface area contributed by atoms with Crippen molar-refractivity contribution in [1.29, 1.82) is 0 Å². The van der Waals surface area contributed by atoms with E-state index in [4.69, 9.17) is 4.42 Å². The Hall–Kier alpha value is -3.77. The van der Waals surface area contributed by atoms with Gasteiger partial charge in [0.1, 0.15) is 5.76 Å². The molecule has 0 unspecified atom stereocenters. The number of anilines is 1. The predicted octanol–water partition coefficient (Wildman–Crippen LogP) is 5.74. The molecule has 1 aliphatic carbocycles. The second-order valence-corrected chi connectivity index (χ2v) is 8.00. The Morgan fingerprint density at radius 2 is 1.39 bits per heavy atom. The Kier molecular flexibility index (Phi) is 4.64. The minimum Gasteiger partial charge on any atom is -0.451 e. The van der Waals surface area contributed by atoms with E-state index in [1.807, 2.05) is 24.3 Å². The summed E-state index contributed by atoms with van der Waals surface area (Å²) in [4.78, 5) is 38.2. The fourth-order valence-electron chi connectivity index (χ4n) is 3.60. The highest BCUT2D eigenvalue weighted by Gasteiger charge is 2.29. The van der Waals surface area contributed by atoms with Crippen LogP contribution >= 0.6 is 15.9 Å². The van der Waals surface area contributed by atoms with Crippen LogP contribution in [0.5, 0.6) is 0 Å². The third-order valence-corrected chi connectivity index (χ3v) is 5.67. The molecule has 4 aromatic rings. The SMILES string of the molecule is O=C(Nc1ccc2c(c1)C(=O)c1ccccc1C2=O)c1ccc(-c2ccc(Br)cc2)o1. The van der Waals surface area contributed by atoms with Gasteiger partial charge in [-0.25, -0.2) is 0 Å². The number of ketones is 2. The summed E-state index contributed by atoms with van der Waals surface area (Å²) in [6.07, 6.45) is 0. The molecule has 0 fully saturated rings. The van der Waals surface area contributed by atoms with Crippen molar-refractivity contribution in [1.82, 2.24) is 0 Å². The van der Waals surface area contributed by atoms with Gasteiger partial charge in [-0.2, -0.15) is 0 Å². The van der Waals surface area contributed by atoms with Crippen molar-refractivity contribution in [3.8, 4) is 11.3 Å². The zero-order valence-electron chi connectivity index (χ0n) is 16.0. The largest absolute Gasteiger partial charge is 0.451 e. The first-order valence-corrected chi connectivity index (χ1v) is 10.3. The summed E-state index contributed by atoms with van der Waals surface area (Å²) in [7, 11) is 0. The van der Waals surface area contributed by atoms with Crippen LogP contribution in [0.4, 0.5) is 5.69 Å². The molecule has 0 aliphatic heterocycles. The van der Waals surface area contributed by atoms with E-state index in [1.54, 1.807) is 48.5 Å². The molecule has 0 spiro atoms. The third-order valence-electron chi connectivity index (χ3n) is 5.14. The number of hydrogen-bond acceptors (Lipinski definition) is 4. The molecule has 5 rings (SSSR count). The van der Waals surface area contributed by atoms with Crippen LogP contribution in [0.25, 0.3) is 11.3 Å². The number of carbonyl (C=O) groups is 3. The fourth-order valence-corrected chi connectivity index (χ4v) is 3.86. The van der Waals surface area contributed by atoms with Crippen LogP contribution in [0.15, 0.2) is 87.8 Å². The molecular formula is C25H14BrNO4. The van der Waals surface area contributed by atoms with Gasteiger partial charge < -0.3 is 9.73 Å². The van der Waals surface area contributed by atoms with Crippen LogP contribution in [0.1, 0.15) is 42.4 Å². The number of rotatable bonds is 3. The number of furan rings is 1. The number of hydrogen-bond donors (Lipinski definition) is 1. The normalized spacial score (nSPS) is 12.3. The van der Waals surface area contributed by atoms with Crippen molar-refractivity contribution in [3.63, 3.8) is 0 Å². The van der Waals surface area contributed by atoms with Gasteiger partial charge in [0.25, 0.3) is 5.91 Å². The lowest BCUT2D eigenvalue weighted by atomic mass is 9.84. The third kappa shape index (κ3) is 3.41. The van der Waals surface area contributed by atoms with Gasteiger partial charge in [0.2, 0.25) is 0 Å². The maximum absolute atomic E-state index is 12.9. The molecule has 3 aromatic carbocycles. The molecule has 1 aliphatic rings. The van der Waals surface area contributed by atoms with Gasteiger partial charge in [-0.3, -0.25) is 14.4 Å². The van der Waals surface area contributed by atoms with Crippen molar-refractivity contribution >= 4 is 39.1 Å². The fraction of sp³-hybridized carbons (Fsp3) is 0. The molecule has 1 aromatic heterocycles. The minimum atomic E-state index is -0.446. The van der Waals surface area contributed by atoms with Crippen molar-refractivity contribution in [2.75, 3.05) is 5.32 Å². The summed E-state index contributed by atoms with van der Waals surface area (Å²) in [5, 5.41) is 2.74. The predicted molar refractivity (Wildman–Crippen MR) is 120 cm³/mol. The highest BCUT2D eigenvalue weighted by Crippen LogP contribution is 2.30. The summed E-state index contributed by atoms with van der Waals surface area (Å²) < 4.78 is 6.64. The second-order valence-electron chi connectivity index (χ2n) is 7.09. The number of amides is 1. The molecule has 6 heteroatoms. The van der Waals surface area contributed by atoms with Crippen LogP contribution in [-0.2, 0) is 0 Å². The molecular weight excluding hydrogens is 458 g/mol. The summed E-state index contributed by atoms with van der Waals surface area (Å²) in [5.41, 5.74) is 2.62. The summed E-state index contributed by atoms with van der Waals surface area (Å²) in [6, 6.07) is 22.3. The Labute approximate surface area is 185 Å². The molecule has 0 atom stereocenters. The number of fused-ring (bicyclic) bond motifs is 2. The molecule has 0 saturated carbocycles. The van der Waals surface area contributed by atoms with Crippen LogP contribution in [0, 0.1) is 0 Å². The minimum absolute atomic E-state index is 0.142. The first-order valence-electron chi connectivity index (χ1n) is 9.51. The summed E-state index contributed by atoms with van der Waals surface area (Å²) in [5.74, 6) is -0.174. The van der Waals surface area contributed by atoms with E-state index in [-0.39, 0.29) is 22.9 Å². The van der Waals surface area contributed by atoms with Gasteiger partial charge in [-0.05, 0) is 42.5 Å². The van der Waals surface area contributed by atoms with Crippen molar-refractivity contribution in [3.05, 3.63) is 111 Å². The smallest absolute Gasteiger partial charge is 0.291 e. The van der Waals surface area contributed by atoms with Crippen molar-refractivity contribution in [2.24, 2.45) is 0 Å². The van der Waals surface area contributed by atoms with E-state index in [1.165, 1.54) is 6.07 Å². The van der Waals surface area contributed by atoms with Crippen LogP contribution in [0.3, 0.4) is 0 Å². The maximum Gasteiger partial charge on any atom is 0.291 e. The van der Waals surface area contributed by atoms with Gasteiger partial charge in [-0.1, -0.05) is 52.3 Å². The number of nitrogens with one attached hydrogen (secondary N) is 1. The molecule has 0 bridgehead atoms. The summed E-state index contributed by atoms with van der Waals surface area (Å²) in [6.45, 7) is 0. The monoisotopic (exact) mass is 471 g/mol. The number of carbonyl (C=O) groups excluding carboxylic acids is 3. The lowest BCUT2D eigenvalue weighted by Gasteiger charge is -2.18. The lowest BCUT2D eigenvalue weighted by molar-refractivity contribution is 0.0979. The van der Waals surface area contributed by atoms with Crippen molar-refractivity contribution < 1.29 is 18.8 Å². The standard InChI is InChI=1S/C25H14BrNO4/c26-15-7-5-14(6-8-15)21-11-12-22(31-21)25(30)27-16-9-10-19-20(13-16)24(29)18-4-2-1-3-17(18)23(19)28/h1-13H,(H,27,30). The Balaban J connectivity index is 1.40. The molecule has 1 N–H and O–H groups in total. The van der Waals surface area contributed by atoms with Crippen LogP contribution < -0.4 is 5.32 Å². The first kappa shape index (κ1) is 19.2. The highest BCUT2D eigenvalue weighted by atomic mass is 79.9. The topological polar surface area (TPSA) is 76.4 Å². The first-order chi connectivity index (χ1) is 15.0. The van der Waals surface area contributed by atoms with E-state index in [0.717, 1.165) is 10.0 Å². The number of benzene rings is 3.